The minimum absolute atomic E-state index is 0.232. The Kier molecular flexibility index (Phi) is 2.06. The van der Waals surface area contributed by atoms with Gasteiger partial charge in [-0.3, -0.25) is 4.57 Å². The van der Waals surface area contributed by atoms with Crippen LogP contribution in [-0.4, -0.2) is 15.7 Å². The van der Waals surface area contributed by atoms with Crippen LogP contribution in [0.2, 0.25) is 0 Å². The molecule has 0 saturated heterocycles. The number of aromatic nitrogens is 2. The van der Waals surface area contributed by atoms with E-state index in [-0.39, 0.29) is 5.52 Å². The number of hydrogen-bond donors (Lipinski definition) is 1. The van der Waals surface area contributed by atoms with Crippen molar-refractivity contribution < 1.29 is 13.2 Å². The van der Waals surface area contributed by atoms with Crippen molar-refractivity contribution in [2.24, 2.45) is 0 Å². The second-order valence-electron chi connectivity index (χ2n) is 3.07. The second-order valence-corrected chi connectivity index (χ2v) is 3.07. The summed E-state index contributed by atoms with van der Waals surface area (Å²) >= 11 is 0. The Morgan fingerprint density at radius 1 is 1.47 bits per heavy atom. The fourth-order valence-electron chi connectivity index (χ4n) is 1.39. The summed E-state index contributed by atoms with van der Waals surface area (Å²) in [4.78, 5) is 13.5. The van der Waals surface area contributed by atoms with Gasteiger partial charge in [-0.1, -0.05) is 6.07 Å². The number of benzene rings is 1. The molecule has 1 aromatic carbocycles. The van der Waals surface area contributed by atoms with Gasteiger partial charge in [-0.2, -0.15) is 13.2 Å². The Balaban J connectivity index is 2.60. The van der Waals surface area contributed by atoms with E-state index < -0.39 is 18.4 Å². The smallest absolute Gasteiger partial charge is 0.306 e. The molecule has 6 heteroatoms. The van der Waals surface area contributed by atoms with Gasteiger partial charge in [0.15, 0.2) is 0 Å². The van der Waals surface area contributed by atoms with Gasteiger partial charge in [-0.25, -0.2) is 4.79 Å². The zero-order chi connectivity index (χ0) is 11.1. The van der Waals surface area contributed by atoms with Gasteiger partial charge in [0.2, 0.25) is 0 Å². The average molecular weight is 215 g/mol. The first-order valence-corrected chi connectivity index (χ1v) is 4.13. The molecule has 0 atom stereocenters. The monoisotopic (exact) mass is 215 g/mol. The largest absolute Gasteiger partial charge is 0.406 e. The van der Waals surface area contributed by atoms with E-state index in [2.05, 4.69) is 11.1 Å². The number of fused-ring (bicyclic) bond motifs is 1. The van der Waals surface area contributed by atoms with Gasteiger partial charge in [-0.15, -0.1) is 0 Å². The number of hydrogen-bond acceptors (Lipinski definition) is 1. The lowest BCUT2D eigenvalue weighted by molar-refractivity contribution is -0.140. The second kappa shape index (κ2) is 3.15. The summed E-state index contributed by atoms with van der Waals surface area (Å²) < 4.78 is 37.1. The van der Waals surface area contributed by atoms with Crippen molar-refractivity contribution in [3.8, 4) is 0 Å². The van der Waals surface area contributed by atoms with Gasteiger partial charge in [0.25, 0.3) is 0 Å². The van der Waals surface area contributed by atoms with E-state index in [4.69, 9.17) is 0 Å². The summed E-state index contributed by atoms with van der Waals surface area (Å²) in [6, 6.07) is 6.98. The maximum Gasteiger partial charge on any atom is 0.406 e. The molecule has 2 rings (SSSR count). The Hall–Kier alpha value is -1.72. The zero-order valence-electron chi connectivity index (χ0n) is 7.43. The molecule has 1 aromatic heterocycles. The number of rotatable bonds is 1. The average Bonchev–Trinajstić information content (AvgIpc) is 2.41. The van der Waals surface area contributed by atoms with Crippen LogP contribution in [-0.2, 0) is 6.54 Å². The van der Waals surface area contributed by atoms with Gasteiger partial charge >= 0.3 is 11.9 Å². The topological polar surface area (TPSA) is 37.8 Å². The molecule has 3 nitrogen and oxygen atoms in total. The summed E-state index contributed by atoms with van der Waals surface area (Å²) in [5.74, 6) is 0. The molecule has 0 unspecified atom stereocenters. The Bertz CT molecular complexity index is 538. The molecule has 1 radical (unpaired) electrons. The maximum atomic E-state index is 12.1. The number of alkyl halides is 3. The molecule has 0 aliphatic rings. The van der Waals surface area contributed by atoms with E-state index in [1.54, 1.807) is 0 Å². The molecular weight excluding hydrogens is 209 g/mol. The molecule has 0 bridgehead atoms. The normalized spacial score (nSPS) is 12.2. The van der Waals surface area contributed by atoms with Crippen LogP contribution >= 0.6 is 0 Å². The van der Waals surface area contributed by atoms with E-state index >= 15 is 0 Å². The number of imidazole rings is 1. The predicted molar refractivity (Wildman–Crippen MR) is 47.4 cm³/mol. The van der Waals surface area contributed by atoms with Crippen molar-refractivity contribution in [1.82, 2.24) is 9.55 Å². The Labute approximate surface area is 82.1 Å². The van der Waals surface area contributed by atoms with Crippen molar-refractivity contribution >= 4 is 11.0 Å². The fourth-order valence-corrected chi connectivity index (χ4v) is 1.39. The highest BCUT2D eigenvalue weighted by Crippen LogP contribution is 2.19. The molecule has 1 heterocycles. The van der Waals surface area contributed by atoms with Gasteiger partial charge in [0.05, 0.1) is 11.0 Å². The highest BCUT2D eigenvalue weighted by atomic mass is 19.4. The first-order valence-electron chi connectivity index (χ1n) is 4.13. The third-order valence-corrected chi connectivity index (χ3v) is 1.96. The SMILES string of the molecule is O=c1[nH]c2c[c]ccc2n1CC(F)(F)F. The van der Waals surface area contributed by atoms with Crippen LogP contribution in [0.5, 0.6) is 0 Å². The number of H-pyrrole nitrogens is 1. The van der Waals surface area contributed by atoms with Gasteiger partial charge < -0.3 is 4.98 Å². The van der Waals surface area contributed by atoms with Crippen LogP contribution in [0.25, 0.3) is 11.0 Å². The van der Waals surface area contributed by atoms with Crippen molar-refractivity contribution in [2.45, 2.75) is 12.7 Å². The van der Waals surface area contributed by atoms with Crippen LogP contribution in [0.1, 0.15) is 0 Å². The van der Waals surface area contributed by atoms with Crippen LogP contribution in [0.15, 0.2) is 23.0 Å². The minimum atomic E-state index is -4.40. The molecule has 0 saturated carbocycles. The molecule has 2 aromatic rings. The number of nitrogens with one attached hydrogen (secondary N) is 1. The van der Waals surface area contributed by atoms with Crippen molar-refractivity contribution in [2.75, 3.05) is 0 Å². The number of nitrogens with zero attached hydrogens (tertiary/aromatic N) is 1. The van der Waals surface area contributed by atoms with E-state index in [1.807, 2.05) is 0 Å². The number of aromatic amines is 1. The molecule has 79 valence electrons. The third-order valence-electron chi connectivity index (χ3n) is 1.96. The lowest BCUT2D eigenvalue weighted by Gasteiger charge is -2.06. The molecule has 15 heavy (non-hydrogen) atoms. The fraction of sp³-hybridized carbons (Fsp3) is 0.222. The Morgan fingerprint density at radius 3 is 2.87 bits per heavy atom. The van der Waals surface area contributed by atoms with Gasteiger partial charge in [0.1, 0.15) is 6.54 Å². The summed E-state index contributed by atoms with van der Waals surface area (Å²) in [5, 5.41) is 0. The van der Waals surface area contributed by atoms with Crippen molar-refractivity contribution in [1.29, 1.82) is 0 Å². The lowest BCUT2D eigenvalue weighted by atomic mass is 10.3. The quantitative estimate of drug-likeness (QED) is 0.772. The predicted octanol–water partition coefficient (Wildman–Crippen LogP) is 1.69. The van der Waals surface area contributed by atoms with Crippen LogP contribution in [0.3, 0.4) is 0 Å². The van der Waals surface area contributed by atoms with E-state index in [0.29, 0.717) is 10.1 Å². The first-order chi connectivity index (χ1) is 6.97. The highest BCUT2D eigenvalue weighted by Gasteiger charge is 2.29. The number of halogens is 3. The molecule has 0 aliphatic heterocycles. The van der Waals surface area contributed by atoms with E-state index in [0.717, 1.165) is 0 Å². The van der Waals surface area contributed by atoms with Crippen LogP contribution in [0.4, 0.5) is 13.2 Å². The van der Waals surface area contributed by atoms with E-state index in [9.17, 15) is 18.0 Å². The summed E-state index contributed by atoms with van der Waals surface area (Å²) in [5.41, 5.74) is -0.176. The summed E-state index contributed by atoms with van der Waals surface area (Å²) in [6.45, 7) is -1.28. The summed E-state index contributed by atoms with van der Waals surface area (Å²) in [6.07, 6.45) is -4.40. The highest BCUT2D eigenvalue weighted by molar-refractivity contribution is 5.74. The van der Waals surface area contributed by atoms with E-state index in [1.165, 1.54) is 18.2 Å². The molecule has 0 spiro atoms. The minimum Gasteiger partial charge on any atom is -0.306 e. The third kappa shape index (κ3) is 1.88. The standard InChI is InChI=1S/C9H6F3N2O/c10-9(11,12)5-14-7-4-2-1-3-6(7)13-8(14)15/h2-4H,5H2,(H,13,15). The van der Waals surface area contributed by atoms with Gasteiger partial charge in [0, 0.05) is 0 Å². The molecule has 1 N–H and O–H groups in total. The molecular formula is C9H6F3N2O. The molecule has 0 fully saturated rings. The first kappa shape index (κ1) is 9.82. The Morgan fingerprint density at radius 2 is 2.20 bits per heavy atom. The van der Waals surface area contributed by atoms with Crippen molar-refractivity contribution in [3.63, 3.8) is 0 Å². The van der Waals surface area contributed by atoms with Crippen LogP contribution < -0.4 is 5.69 Å². The van der Waals surface area contributed by atoms with Gasteiger partial charge in [-0.05, 0) is 18.2 Å². The molecule has 0 amide bonds. The van der Waals surface area contributed by atoms with Crippen LogP contribution in [0, 0.1) is 6.07 Å². The molecule has 0 aliphatic carbocycles. The maximum absolute atomic E-state index is 12.1. The lowest BCUT2D eigenvalue weighted by Crippen LogP contribution is -2.26. The summed E-state index contributed by atoms with van der Waals surface area (Å²) in [7, 11) is 0. The van der Waals surface area contributed by atoms with Crippen molar-refractivity contribution in [3.05, 3.63) is 34.7 Å². The zero-order valence-corrected chi connectivity index (χ0v) is 7.43.